The first-order chi connectivity index (χ1) is 12.4. The van der Waals surface area contributed by atoms with Gasteiger partial charge in [0.15, 0.2) is 5.11 Å². The van der Waals surface area contributed by atoms with E-state index in [2.05, 4.69) is 16.2 Å². The number of phenolic OH excluding ortho intramolecular Hbond substituents is 1. The van der Waals surface area contributed by atoms with Crippen molar-refractivity contribution in [1.29, 1.82) is 0 Å². The molecule has 7 heteroatoms. The summed E-state index contributed by atoms with van der Waals surface area (Å²) in [4.78, 5) is 0. The Kier molecular flexibility index (Phi) is 4.90. The predicted octanol–water partition coefficient (Wildman–Crippen LogP) is 3.40. The first kappa shape index (κ1) is 17.9. The SMILES string of the molecule is COc1cccc(NC(=S)NNC2=CC(C)(C)Oc3ccc(O)cc32)c1. The maximum Gasteiger partial charge on any atom is 0.189 e. The molecule has 26 heavy (non-hydrogen) atoms. The molecular weight excluding hydrogens is 350 g/mol. The third-order valence-corrected chi connectivity index (χ3v) is 3.96. The van der Waals surface area contributed by atoms with Gasteiger partial charge in [-0.1, -0.05) is 6.07 Å². The quantitative estimate of drug-likeness (QED) is 0.485. The van der Waals surface area contributed by atoms with Gasteiger partial charge in [-0.15, -0.1) is 0 Å². The molecule has 0 aromatic heterocycles. The molecule has 0 spiro atoms. The number of hydrogen-bond donors (Lipinski definition) is 4. The van der Waals surface area contributed by atoms with Crippen molar-refractivity contribution >= 4 is 28.7 Å². The lowest BCUT2D eigenvalue weighted by Crippen LogP contribution is -2.41. The van der Waals surface area contributed by atoms with Gasteiger partial charge in [0, 0.05) is 17.3 Å². The number of phenols is 1. The van der Waals surface area contributed by atoms with Crippen LogP contribution >= 0.6 is 12.2 Å². The van der Waals surface area contributed by atoms with E-state index < -0.39 is 5.60 Å². The summed E-state index contributed by atoms with van der Waals surface area (Å²) in [6.45, 7) is 3.91. The van der Waals surface area contributed by atoms with E-state index in [1.807, 2.05) is 44.2 Å². The lowest BCUT2D eigenvalue weighted by Gasteiger charge is -2.31. The Morgan fingerprint density at radius 3 is 2.77 bits per heavy atom. The molecule has 0 unspecified atom stereocenters. The fourth-order valence-corrected chi connectivity index (χ4v) is 2.82. The number of thiocarbonyl (C=S) groups is 1. The second kappa shape index (κ2) is 7.13. The average molecular weight is 371 g/mol. The Bertz CT molecular complexity index is 865. The van der Waals surface area contributed by atoms with Gasteiger partial charge in [0.2, 0.25) is 0 Å². The zero-order chi connectivity index (χ0) is 18.7. The van der Waals surface area contributed by atoms with Crippen LogP contribution in [0.2, 0.25) is 0 Å². The van der Waals surface area contributed by atoms with E-state index in [0.717, 1.165) is 22.7 Å². The average Bonchev–Trinajstić information content (AvgIpc) is 2.59. The minimum Gasteiger partial charge on any atom is -0.508 e. The van der Waals surface area contributed by atoms with E-state index in [0.29, 0.717) is 10.9 Å². The summed E-state index contributed by atoms with van der Waals surface area (Å²) in [5, 5.41) is 13.3. The van der Waals surface area contributed by atoms with E-state index in [-0.39, 0.29) is 5.75 Å². The smallest absolute Gasteiger partial charge is 0.189 e. The molecule has 2 aromatic rings. The monoisotopic (exact) mass is 371 g/mol. The van der Waals surface area contributed by atoms with Gasteiger partial charge >= 0.3 is 0 Å². The van der Waals surface area contributed by atoms with Gasteiger partial charge in [0.05, 0.1) is 12.8 Å². The molecule has 1 heterocycles. The topological polar surface area (TPSA) is 74.8 Å². The summed E-state index contributed by atoms with van der Waals surface area (Å²) in [6.07, 6.45) is 1.93. The van der Waals surface area contributed by atoms with Crippen molar-refractivity contribution < 1.29 is 14.6 Å². The first-order valence-corrected chi connectivity index (χ1v) is 8.49. The Labute approximate surface area is 157 Å². The summed E-state index contributed by atoms with van der Waals surface area (Å²) < 4.78 is 11.1. The van der Waals surface area contributed by atoms with Crippen LogP contribution in [-0.4, -0.2) is 22.9 Å². The van der Waals surface area contributed by atoms with Crippen molar-refractivity contribution in [2.75, 3.05) is 12.4 Å². The number of aromatic hydroxyl groups is 1. The number of hydrazine groups is 1. The maximum atomic E-state index is 9.78. The minimum absolute atomic E-state index is 0.164. The molecule has 2 aromatic carbocycles. The van der Waals surface area contributed by atoms with Crippen molar-refractivity contribution in [3.63, 3.8) is 0 Å². The zero-order valence-corrected chi connectivity index (χ0v) is 15.6. The van der Waals surface area contributed by atoms with Crippen LogP contribution in [0.15, 0.2) is 48.5 Å². The molecule has 0 saturated carbocycles. The molecule has 3 rings (SSSR count). The predicted molar refractivity (Wildman–Crippen MR) is 106 cm³/mol. The Morgan fingerprint density at radius 2 is 2.00 bits per heavy atom. The number of rotatable bonds is 4. The van der Waals surface area contributed by atoms with Crippen LogP contribution in [0.4, 0.5) is 5.69 Å². The summed E-state index contributed by atoms with van der Waals surface area (Å²) >= 11 is 5.33. The van der Waals surface area contributed by atoms with Crippen molar-refractivity contribution in [2.45, 2.75) is 19.4 Å². The van der Waals surface area contributed by atoms with Crippen molar-refractivity contribution in [1.82, 2.24) is 10.9 Å². The number of fused-ring (bicyclic) bond motifs is 1. The summed E-state index contributed by atoms with van der Waals surface area (Å²) in [5.41, 5.74) is 7.89. The molecule has 0 saturated heterocycles. The first-order valence-electron chi connectivity index (χ1n) is 8.09. The normalized spacial score (nSPS) is 14.3. The zero-order valence-electron chi connectivity index (χ0n) is 14.8. The number of hydrogen-bond acceptors (Lipinski definition) is 5. The van der Waals surface area contributed by atoms with Crippen LogP contribution in [0, 0.1) is 0 Å². The van der Waals surface area contributed by atoms with Crippen LogP contribution in [0.5, 0.6) is 17.2 Å². The molecule has 0 fully saturated rings. The Hall–Kier alpha value is -2.93. The number of nitrogens with one attached hydrogen (secondary N) is 3. The van der Waals surface area contributed by atoms with Crippen LogP contribution < -0.4 is 25.6 Å². The van der Waals surface area contributed by atoms with E-state index in [1.165, 1.54) is 0 Å². The minimum atomic E-state index is -0.490. The number of ether oxygens (including phenoxy) is 2. The molecule has 0 amide bonds. The fourth-order valence-electron chi connectivity index (χ4n) is 2.65. The molecule has 0 bridgehead atoms. The van der Waals surface area contributed by atoms with Crippen molar-refractivity contribution in [2.24, 2.45) is 0 Å². The highest BCUT2D eigenvalue weighted by Gasteiger charge is 2.27. The molecule has 6 nitrogen and oxygen atoms in total. The lowest BCUT2D eigenvalue weighted by atomic mass is 9.99. The molecule has 1 aliphatic rings. The van der Waals surface area contributed by atoms with Gasteiger partial charge in [0.25, 0.3) is 0 Å². The van der Waals surface area contributed by atoms with Gasteiger partial charge in [-0.2, -0.15) is 0 Å². The number of methoxy groups -OCH3 is 1. The third-order valence-electron chi connectivity index (χ3n) is 3.76. The summed E-state index contributed by atoms with van der Waals surface area (Å²) in [5.74, 6) is 1.59. The standard InChI is InChI=1S/C19H21N3O3S/c1-19(2)11-16(15-10-13(23)7-8-17(15)25-19)21-22-18(26)20-12-5-4-6-14(9-12)24-3/h4-11,21,23H,1-3H3,(H2,20,22,26). The molecule has 0 aliphatic carbocycles. The second-order valence-electron chi connectivity index (χ2n) is 6.38. The van der Waals surface area contributed by atoms with Crippen LogP contribution in [0.1, 0.15) is 19.4 Å². The van der Waals surface area contributed by atoms with Gasteiger partial charge in [-0.05, 0) is 62.5 Å². The third kappa shape index (κ3) is 4.18. The van der Waals surface area contributed by atoms with E-state index >= 15 is 0 Å². The van der Waals surface area contributed by atoms with Crippen LogP contribution in [-0.2, 0) is 0 Å². The number of benzene rings is 2. The second-order valence-corrected chi connectivity index (χ2v) is 6.79. The summed E-state index contributed by atoms with van der Waals surface area (Å²) in [7, 11) is 1.61. The van der Waals surface area contributed by atoms with Crippen molar-refractivity contribution in [3.05, 3.63) is 54.1 Å². The van der Waals surface area contributed by atoms with Gasteiger partial charge in [-0.25, -0.2) is 0 Å². The van der Waals surface area contributed by atoms with Crippen LogP contribution in [0.3, 0.4) is 0 Å². The number of anilines is 1. The molecule has 0 atom stereocenters. The Balaban J connectivity index is 1.71. The lowest BCUT2D eigenvalue weighted by molar-refractivity contribution is 0.157. The van der Waals surface area contributed by atoms with Gasteiger partial charge in [-0.3, -0.25) is 10.9 Å². The highest BCUT2D eigenvalue weighted by Crippen LogP contribution is 2.36. The molecule has 1 aliphatic heterocycles. The van der Waals surface area contributed by atoms with E-state index in [9.17, 15) is 5.11 Å². The van der Waals surface area contributed by atoms with E-state index in [1.54, 1.807) is 25.3 Å². The largest absolute Gasteiger partial charge is 0.508 e. The maximum absolute atomic E-state index is 9.78. The highest BCUT2D eigenvalue weighted by atomic mass is 32.1. The molecule has 136 valence electrons. The van der Waals surface area contributed by atoms with Crippen LogP contribution in [0.25, 0.3) is 5.70 Å². The summed E-state index contributed by atoms with van der Waals surface area (Å²) in [6, 6.07) is 12.5. The Morgan fingerprint density at radius 1 is 1.19 bits per heavy atom. The van der Waals surface area contributed by atoms with Gasteiger partial charge in [0.1, 0.15) is 22.8 Å². The molecule has 0 radical (unpaired) electrons. The highest BCUT2D eigenvalue weighted by molar-refractivity contribution is 7.80. The van der Waals surface area contributed by atoms with E-state index in [4.69, 9.17) is 21.7 Å². The van der Waals surface area contributed by atoms with Gasteiger partial charge < -0.3 is 19.9 Å². The van der Waals surface area contributed by atoms with Crippen molar-refractivity contribution in [3.8, 4) is 17.2 Å². The molecular formula is C19H21N3O3S. The fraction of sp³-hybridized carbons (Fsp3) is 0.211. The molecule has 4 N–H and O–H groups in total.